The molecule has 1 aliphatic heterocycles. The fraction of sp³-hybridized carbons (Fsp3) is 0.733. The number of nitrogens with one attached hydrogen (secondary N) is 1. The topological polar surface area (TPSA) is 48.7 Å². The molecule has 2 heterocycles. The van der Waals surface area contributed by atoms with Crippen LogP contribution in [0.5, 0.6) is 0 Å². The van der Waals surface area contributed by atoms with Crippen molar-refractivity contribution in [3.05, 3.63) is 18.0 Å². The summed E-state index contributed by atoms with van der Waals surface area (Å²) in [6.45, 7) is 6.18. The Hall–Kier alpha value is -1.04. The number of halogens is 4. The third kappa shape index (κ3) is 6.01. The van der Waals surface area contributed by atoms with E-state index in [1.165, 1.54) is 11.8 Å². The molecule has 1 aromatic rings. The Morgan fingerprint density at radius 3 is 2.44 bits per heavy atom. The minimum atomic E-state index is -4.18. The van der Waals surface area contributed by atoms with Gasteiger partial charge in [0, 0.05) is 46.0 Å². The lowest BCUT2D eigenvalue weighted by Gasteiger charge is -2.39. The van der Waals surface area contributed by atoms with Crippen LogP contribution in [0.3, 0.4) is 0 Å². The highest BCUT2D eigenvalue weighted by molar-refractivity contribution is 14.0. The summed E-state index contributed by atoms with van der Waals surface area (Å²) in [6.07, 6.45) is -2.46. The molecule has 1 saturated heterocycles. The zero-order chi connectivity index (χ0) is 17.7. The molecule has 1 N–H and O–H groups in total. The fourth-order valence-corrected chi connectivity index (χ4v) is 2.67. The molecule has 6 nitrogen and oxygen atoms in total. The monoisotopic (exact) mass is 474 g/mol. The first kappa shape index (κ1) is 22.0. The second-order valence-corrected chi connectivity index (χ2v) is 5.86. The van der Waals surface area contributed by atoms with Gasteiger partial charge < -0.3 is 10.2 Å². The average molecular weight is 474 g/mol. The standard InChI is InChI=1S/C15H25F3N6.HI/c1-4-19-14(20-11-13-5-6-21-22(13)3)24-9-7-23(8-10-24)12(2)15(16,17)18;/h5-6,12H,4,7-11H2,1-3H3,(H,19,20);1H. The molecule has 1 fully saturated rings. The normalized spacial score (nSPS) is 18.0. The van der Waals surface area contributed by atoms with E-state index in [0.717, 1.165) is 11.7 Å². The van der Waals surface area contributed by atoms with Crippen molar-refractivity contribution in [3.8, 4) is 0 Å². The Labute approximate surface area is 163 Å². The molecule has 0 radical (unpaired) electrons. The summed E-state index contributed by atoms with van der Waals surface area (Å²) in [6, 6.07) is 0.490. The van der Waals surface area contributed by atoms with Crippen LogP contribution < -0.4 is 5.32 Å². The minimum absolute atomic E-state index is 0. The molecule has 0 amide bonds. The zero-order valence-corrected chi connectivity index (χ0v) is 17.1. The largest absolute Gasteiger partial charge is 0.403 e. The molecule has 1 aromatic heterocycles. The van der Waals surface area contributed by atoms with Gasteiger partial charge in [0.2, 0.25) is 0 Å². The van der Waals surface area contributed by atoms with Crippen molar-refractivity contribution in [2.45, 2.75) is 32.6 Å². The fourth-order valence-electron chi connectivity index (χ4n) is 2.67. The summed E-state index contributed by atoms with van der Waals surface area (Å²) in [5.41, 5.74) is 0.981. The number of piperazine rings is 1. The lowest BCUT2D eigenvalue weighted by Crippen LogP contribution is -2.56. The first-order valence-corrected chi connectivity index (χ1v) is 8.13. The third-order valence-corrected chi connectivity index (χ3v) is 4.28. The maximum absolute atomic E-state index is 12.8. The average Bonchev–Trinajstić information content (AvgIpc) is 2.95. The Morgan fingerprint density at radius 2 is 1.96 bits per heavy atom. The van der Waals surface area contributed by atoms with Crippen LogP contribution in [0.15, 0.2) is 17.3 Å². The van der Waals surface area contributed by atoms with Gasteiger partial charge in [0.1, 0.15) is 6.04 Å². The maximum Gasteiger partial charge on any atom is 0.403 e. The Bertz CT molecular complexity index is 552. The van der Waals surface area contributed by atoms with Gasteiger partial charge >= 0.3 is 6.18 Å². The maximum atomic E-state index is 12.8. The smallest absolute Gasteiger partial charge is 0.357 e. The third-order valence-electron chi connectivity index (χ3n) is 4.28. The Kier molecular flexibility index (Phi) is 8.45. The van der Waals surface area contributed by atoms with Gasteiger partial charge in [-0.3, -0.25) is 9.58 Å². The highest BCUT2D eigenvalue weighted by Gasteiger charge is 2.41. The number of aromatic nitrogens is 2. The van der Waals surface area contributed by atoms with Crippen molar-refractivity contribution < 1.29 is 13.2 Å². The number of aliphatic imine (C=N–C) groups is 1. The molecular weight excluding hydrogens is 448 g/mol. The first-order valence-electron chi connectivity index (χ1n) is 8.13. The van der Waals surface area contributed by atoms with Gasteiger partial charge in [-0.05, 0) is 19.9 Å². The summed E-state index contributed by atoms with van der Waals surface area (Å²) in [7, 11) is 1.86. The van der Waals surface area contributed by atoms with Crippen molar-refractivity contribution in [1.82, 2.24) is 24.9 Å². The van der Waals surface area contributed by atoms with Crippen LogP contribution in [0.2, 0.25) is 0 Å². The van der Waals surface area contributed by atoms with E-state index in [1.807, 2.05) is 24.9 Å². The highest BCUT2D eigenvalue weighted by Crippen LogP contribution is 2.25. The molecule has 1 atom stereocenters. The van der Waals surface area contributed by atoms with E-state index in [1.54, 1.807) is 10.9 Å². The van der Waals surface area contributed by atoms with Crippen molar-refractivity contribution in [2.24, 2.45) is 12.0 Å². The van der Waals surface area contributed by atoms with Crippen molar-refractivity contribution in [2.75, 3.05) is 32.7 Å². The Morgan fingerprint density at radius 1 is 1.32 bits per heavy atom. The summed E-state index contributed by atoms with van der Waals surface area (Å²) in [5.74, 6) is 0.734. The predicted molar refractivity (Wildman–Crippen MR) is 102 cm³/mol. The van der Waals surface area contributed by atoms with Crippen LogP contribution in [-0.2, 0) is 13.6 Å². The molecule has 0 spiro atoms. The molecule has 2 rings (SSSR count). The van der Waals surface area contributed by atoms with E-state index in [2.05, 4.69) is 15.4 Å². The van der Waals surface area contributed by atoms with Crippen LogP contribution in [0, 0.1) is 0 Å². The lowest BCUT2D eigenvalue weighted by atomic mass is 10.2. The molecule has 144 valence electrons. The van der Waals surface area contributed by atoms with Gasteiger partial charge in [-0.15, -0.1) is 24.0 Å². The predicted octanol–water partition coefficient (Wildman–Crippen LogP) is 2.07. The second-order valence-electron chi connectivity index (χ2n) is 5.86. The quantitative estimate of drug-likeness (QED) is 0.413. The summed E-state index contributed by atoms with van der Waals surface area (Å²) in [4.78, 5) is 8.08. The summed E-state index contributed by atoms with van der Waals surface area (Å²) in [5, 5.41) is 7.32. The Balaban J connectivity index is 0.00000312. The van der Waals surface area contributed by atoms with Crippen molar-refractivity contribution in [3.63, 3.8) is 0 Å². The SMILES string of the molecule is CCNC(=NCc1ccnn1C)N1CCN(C(C)C(F)(F)F)CC1.I. The molecule has 1 unspecified atom stereocenters. The zero-order valence-electron chi connectivity index (χ0n) is 14.8. The van der Waals surface area contributed by atoms with Crippen molar-refractivity contribution >= 4 is 29.9 Å². The number of hydrogen-bond acceptors (Lipinski definition) is 3. The first-order chi connectivity index (χ1) is 11.3. The summed E-state index contributed by atoms with van der Waals surface area (Å²) < 4.78 is 40.2. The molecule has 10 heteroatoms. The number of alkyl halides is 3. The van der Waals surface area contributed by atoms with Crippen molar-refractivity contribution in [1.29, 1.82) is 0 Å². The van der Waals surface area contributed by atoms with Crippen LogP contribution in [-0.4, -0.2) is 70.5 Å². The molecule has 0 bridgehead atoms. The minimum Gasteiger partial charge on any atom is -0.357 e. The number of guanidine groups is 1. The number of rotatable bonds is 4. The number of aryl methyl sites for hydroxylation is 1. The van der Waals surface area contributed by atoms with Gasteiger partial charge in [0.25, 0.3) is 0 Å². The highest BCUT2D eigenvalue weighted by atomic mass is 127. The lowest BCUT2D eigenvalue weighted by molar-refractivity contribution is -0.181. The van der Waals surface area contributed by atoms with E-state index < -0.39 is 12.2 Å². The molecular formula is C15H26F3IN6. The van der Waals surface area contributed by atoms with Gasteiger partial charge in [-0.25, -0.2) is 4.99 Å². The molecule has 0 aliphatic carbocycles. The van der Waals surface area contributed by atoms with Gasteiger partial charge in [0.15, 0.2) is 5.96 Å². The van der Waals surface area contributed by atoms with Crippen LogP contribution in [0.4, 0.5) is 13.2 Å². The van der Waals surface area contributed by atoms with Crippen LogP contribution in [0.25, 0.3) is 0 Å². The van der Waals surface area contributed by atoms with E-state index in [-0.39, 0.29) is 24.0 Å². The second kappa shape index (κ2) is 9.60. The summed E-state index contributed by atoms with van der Waals surface area (Å²) >= 11 is 0. The molecule has 25 heavy (non-hydrogen) atoms. The van der Waals surface area contributed by atoms with Gasteiger partial charge in [0.05, 0.1) is 12.2 Å². The van der Waals surface area contributed by atoms with E-state index >= 15 is 0 Å². The molecule has 1 aliphatic rings. The van der Waals surface area contributed by atoms with E-state index in [4.69, 9.17) is 0 Å². The van der Waals surface area contributed by atoms with Gasteiger partial charge in [-0.1, -0.05) is 0 Å². The van der Waals surface area contributed by atoms with Crippen LogP contribution >= 0.6 is 24.0 Å². The molecule has 0 aromatic carbocycles. The van der Waals surface area contributed by atoms with Gasteiger partial charge in [-0.2, -0.15) is 18.3 Å². The number of nitrogens with zero attached hydrogens (tertiary/aromatic N) is 5. The van der Waals surface area contributed by atoms with E-state index in [0.29, 0.717) is 39.3 Å². The molecule has 0 saturated carbocycles. The van der Waals surface area contributed by atoms with E-state index in [9.17, 15) is 13.2 Å². The number of hydrogen-bond donors (Lipinski definition) is 1. The van der Waals surface area contributed by atoms with Crippen LogP contribution in [0.1, 0.15) is 19.5 Å².